The van der Waals surface area contributed by atoms with Crippen molar-refractivity contribution in [3.63, 3.8) is 0 Å². The van der Waals surface area contributed by atoms with Crippen molar-refractivity contribution >= 4 is 11.9 Å². The molecule has 0 saturated heterocycles. The molecule has 8 nitrogen and oxygen atoms in total. The van der Waals surface area contributed by atoms with E-state index >= 15 is 0 Å². The van der Waals surface area contributed by atoms with E-state index in [1.54, 1.807) is 12.4 Å². The van der Waals surface area contributed by atoms with Crippen LogP contribution in [0.25, 0.3) is 22.8 Å². The van der Waals surface area contributed by atoms with Crippen LogP contribution >= 0.6 is 0 Å². The average Bonchev–Trinajstić information content (AvgIpc) is 2.81. The van der Waals surface area contributed by atoms with Gasteiger partial charge in [-0.3, -0.25) is 9.97 Å². The van der Waals surface area contributed by atoms with E-state index in [2.05, 4.69) is 19.9 Å². The Labute approximate surface area is 190 Å². The molecule has 9 heteroatoms. The third-order valence-electron chi connectivity index (χ3n) is 3.79. The van der Waals surface area contributed by atoms with Crippen LogP contribution in [0, 0.1) is 0 Å². The second-order valence-corrected chi connectivity index (χ2v) is 5.86. The van der Waals surface area contributed by atoms with Crippen molar-refractivity contribution in [2.24, 2.45) is 0 Å². The van der Waals surface area contributed by atoms with Gasteiger partial charge in [0.05, 0.1) is 22.8 Å². The van der Waals surface area contributed by atoms with E-state index in [4.69, 9.17) is 10.2 Å². The van der Waals surface area contributed by atoms with Crippen molar-refractivity contribution in [2.75, 3.05) is 0 Å². The van der Waals surface area contributed by atoms with E-state index in [-0.39, 0.29) is 30.9 Å². The second kappa shape index (κ2) is 11.4. The van der Waals surface area contributed by atoms with Gasteiger partial charge in [0, 0.05) is 31.9 Å². The number of hydrogen-bond donors (Lipinski definition) is 2. The van der Waals surface area contributed by atoms with Gasteiger partial charge < -0.3 is 10.2 Å². The first-order valence-electron chi connectivity index (χ1n) is 8.78. The van der Waals surface area contributed by atoms with Crippen molar-refractivity contribution in [1.82, 2.24) is 19.9 Å². The Bertz CT molecular complexity index is 1070. The SMILES string of the molecule is O=C(O)c1cccc(C(=O)O)n1.[Ru].c1ccc(-c2cccc(-c3ccccn3)n2)nc1. The molecule has 156 valence electrons. The van der Waals surface area contributed by atoms with Crippen LogP contribution in [0.1, 0.15) is 21.0 Å². The Morgan fingerprint density at radius 1 is 0.548 bits per heavy atom. The fourth-order valence-corrected chi connectivity index (χ4v) is 2.42. The van der Waals surface area contributed by atoms with Gasteiger partial charge in [0.25, 0.3) is 0 Å². The van der Waals surface area contributed by atoms with Crippen molar-refractivity contribution in [2.45, 2.75) is 0 Å². The number of aromatic carboxylic acids is 2. The molecule has 0 aliphatic heterocycles. The number of aromatic nitrogens is 4. The molecule has 0 spiro atoms. The summed E-state index contributed by atoms with van der Waals surface area (Å²) in [5.74, 6) is -2.48. The van der Waals surface area contributed by atoms with E-state index in [9.17, 15) is 9.59 Å². The summed E-state index contributed by atoms with van der Waals surface area (Å²) in [6.07, 6.45) is 3.54. The van der Waals surface area contributed by atoms with Crippen molar-refractivity contribution in [3.8, 4) is 22.8 Å². The molecule has 0 amide bonds. The van der Waals surface area contributed by atoms with Crippen molar-refractivity contribution < 1.29 is 39.3 Å². The molecule has 4 heterocycles. The molecular weight excluding hydrogens is 485 g/mol. The Kier molecular flexibility index (Phi) is 8.60. The zero-order valence-electron chi connectivity index (χ0n) is 15.9. The van der Waals surface area contributed by atoms with Crippen LogP contribution in [0.4, 0.5) is 0 Å². The van der Waals surface area contributed by atoms with Crippen LogP contribution in [0.3, 0.4) is 0 Å². The molecule has 0 fully saturated rings. The van der Waals surface area contributed by atoms with E-state index < -0.39 is 11.9 Å². The molecule has 0 radical (unpaired) electrons. The third-order valence-corrected chi connectivity index (χ3v) is 3.79. The molecule has 4 aromatic rings. The quantitative estimate of drug-likeness (QED) is 0.406. The number of carboxylic acid groups (broad SMARTS) is 2. The zero-order valence-corrected chi connectivity index (χ0v) is 17.7. The maximum absolute atomic E-state index is 10.3. The maximum atomic E-state index is 10.3. The average molecular weight is 501 g/mol. The third kappa shape index (κ3) is 6.59. The molecule has 0 unspecified atom stereocenters. The summed E-state index contributed by atoms with van der Waals surface area (Å²) in [5, 5.41) is 16.9. The molecule has 0 aliphatic rings. The minimum Gasteiger partial charge on any atom is -0.477 e. The summed E-state index contributed by atoms with van der Waals surface area (Å²) in [7, 11) is 0. The second-order valence-electron chi connectivity index (χ2n) is 5.86. The predicted molar refractivity (Wildman–Crippen MR) is 109 cm³/mol. The van der Waals surface area contributed by atoms with E-state index in [1.807, 2.05) is 54.6 Å². The molecule has 0 saturated carbocycles. The van der Waals surface area contributed by atoms with E-state index in [0.717, 1.165) is 22.8 Å². The van der Waals surface area contributed by atoms with Crippen LogP contribution < -0.4 is 0 Å². The first-order chi connectivity index (χ1) is 14.5. The minimum absolute atomic E-state index is 0. The number of hydrogen-bond acceptors (Lipinski definition) is 6. The fourth-order valence-electron chi connectivity index (χ4n) is 2.42. The van der Waals surface area contributed by atoms with Gasteiger partial charge in [-0.05, 0) is 48.5 Å². The van der Waals surface area contributed by atoms with Crippen LogP contribution in [0.2, 0.25) is 0 Å². The van der Waals surface area contributed by atoms with Crippen LogP contribution in [-0.2, 0) is 19.5 Å². The molecule has 0 aliphatic carbocycles. The molecule has 0 atom stereocenters. The van der Waals surface area contributed by atoms with Gasteiger partial charge in [-0.15, -0.1) is 0 Å². The van der Waals surface area contributed by atoms with Crippen molar-refractivity contribution in [1.29, 1.82) is 0 Å². The number of pyridine rings is 4. The summed E-state index contributed by atoms with van der Waals surface area (Å²) in [5.41, 5.74) is 2.92. The Hall–Kier alpha value is -3.84. The normalized spacial score (nSPS) is 9.55. The monoisotopic (exact) mass is 502 g/mol. The predicted octanol–water partition coefficient (Wildman–Crippen LogP) is 3.68. The van der Waals surface area contributed by atoms with Crippen LogP contribution in [-0.4, -0.2) is 42.1 Å². The summed E-state index contributed by atoms with van der Waals surface area (Å²) in [6, 6.07) is 21.3. The van der Waals surface area contributed by atoms with Gasteiger partial charge in [0.1, 0.15) is 11.4 Å². The fraction of sp³-hybridized carbons (Fsp3) is 0. The van der Waals surface area contributed by atoms with E-state index in [1.165, 1.54) is 18.2 Å². The Balaban J connectivity index is 0.000000231. The number of nitrogens with zero attached hydrogens (tertiary/aromatic N) is 4. The summed E-state index contributed by atoms with van der Waals surface area (Å²) in [6.45, 7) is 0. The number of carboxylic acids is 2. The Morgan fingerprint density at radius 2 is 0.968 bits per heavy atom. The molecule has 4 aromatic heterocycles. The summed E-state index contributed by atoms with van der Waals surface area (Å²) in [4.78, 5) is 37.2. The first kappa shape index (κ1) is 23.4. The van der Waals surface area contributed by atoms with Gasteiger partial charge >= 0.3 is 11.9 Å². The zero-order chi connectivity index (χ0) is 21.3. The molecule has 0 aromatic carbocycles. The van der Waals surface area contributed by atoms with Crippen LogP contribution in [0.5, 0.6) is 0 Å². The Morgan fingerprint density at radius 3 is 1.35 bits per heavy atom. The van der Waals surface area contributed by atoms with Gasteiger partial charge in [0.2, 0.25) is 0 Å². The van der Waals surface area contributed by atoms with E-state index in [0.29, 0.717) is 0 Å². The molecular formula is C22H16N4O4Ru. The molecule has 4 rings (SSSR count). The van der Waals surface area contributed by atoms with Gasteiger partial charge in [-0.2, -0.15) is 0 Å². The topological polar surface area (TPSA) is 126 Å². The number of rotatable bonds is 4. The standard InChI is InChI=1S/C15H11N3.C7H5NO4.Ru/c1-3-10-16-12(6-1)14-8-5-9-15(18-14)13-7-2-4-11-17-13;9-6(10)4-2-1-3-5(8-4)7(11)12;/h1-11H;1-3H,(H,9,10)(H,11,12);. The van der Waals surface area contributed by atoms with Crippen molar-refractivity contribution in [3.05, 3.63) is 96.6 Å². The molecule has 31 heavy (non-hydrogen) atoms. The minimum atomic E-state index is -1.24. The number of carbonyl (C=O) groups is 2. The van der Waals surface area contributed by atoms with Gasteiger partial charge in [0.15, 0.2) is 0 Å². The van der Waals surface area contributed by atoms with Crippen LogP contribution in [0.15, 0.2) is 85.2 Å². The smallest absolute Gasteiger partial charge is 0.354 e. The largest absolute Gasteiger partial charge is 0.477 e. The molecule has 0 bridgehead atoms. The van der Waals surface area contributed by atoms with Gasteiger partial charge in [-0.25, -0.2) is 19.6 Å². The molecule has 2 N–H and O–H groups in total. The first-order valence-corrected chi connectivity index (χ1v) is 8.78. The summed E-state index contributed by atoms with van der Waals surface area (Å²) >= 11 is 0. The van der Waals surface area contributed by atoms with Gasteiger partial charge in [-0.1, -0.05) is 24.3 Å². The summed E-state index contributed by atoms with van der Waals surface area (Å²) < 4.78 is 0. The maximum Gasteiger partial charge on any atom is 0.354 e.